The highest BCUT2D eigenvalue weighted by molar-refractivity contribution is 7.09. The van der Waals surface area contributed by atoms with Gasteiger partial charge in [-0.3, -0.25) is 10.1 Å². The van der Waals surface area contributed by atoms with E-state index >= 15 is 0 Å². The van der Waals surface area contributed by atoms with Gasteiger partial charge in [0.25, 0.3) is 5.91 Å². The van der Waals surface area contributed by atoms with Crippen LogP contribution in [-0.2, 0) is 11.3 Å². The summed E-state index contributed by atoms with van der Waals surface area (Å²) in [6.45, 7) is 5.22. The molecule has 128 valence electrons. The Morgan fingerprint density at radius 1 is 1.29 bits per heavy atom. The van der Waals surface area contributed by atoms with Crippen molar-refractivity contribution in [2.75, 3.05) is 26.2 Å². The van der Waals surface area contributed by atoms with E-state index in [1.165, 1.54) is 10.4 Å². The lowest BCUT2D eigenvalue weighted by Crippen LogP contribution is -2.59. The Bertz CT molecular complexity index is 637. The predicted octanol–water partition coefficient (Wildman–Crippen LogP) is 1.98. The van der Waals surface area contributed by atoms with Crippen LogP contribution in [0.3, 0.4) is 0 Å². The van der Waals surface area contributed by atoms with Gasteiger partial charge in [0.15, 0.2) is 6.61 Å². The summed E-state index contributed by atoms with van der Waals surface area (Å²) in [5.41, 5.74) is 1.17. The number of nitrogens with one attached hydrogen (secondary N) is 2. The summed E-state index contributed by atoms with van der Waals surface area (Å²) < 4.78 is 5.68. The van der Waals surface area contributed by atoms with Gasteiger partial charge in [0.05, 0.1) is 12.7 Å². The topological polar surface area (TPSA) is 53.6 Å². The van der Waals surface area contributed by atoms with Crippen molar-refractivity contribution in [2.24, 2.45) is 0 Å². The molecule has 0 radical (unpaired) electrons. The molecule has 1 unspecified atom stereocenters. The number of aryl methyl sites for hydroxylation is 1. The van der Waals surface area contributed by atoms with Crippen LogP contribution in [0.1, 0.15) is 10.4 Å². The molecular weight excluding hydrogens is 322 g/mol. The minimum atomic E-state index is -0.00910. The van der Waals surface area contributed by atoms with E-state index in [1.807, 2.05) is 47.5 Å². The molecule has 0 spiro atoms. The minimum Gasteiger partial charge on any atom is -0.484 e. The summed E-state index contributed by atoms with van der Waals surface area (Å²) in [4.78, 5) is 15.8. The van der Waals surface area contributed by atoms with Crippen molar-refractivity contribution >= 4 is 17.2 Å². The third-order valence-corrected chi connectivity index (χ3v) is 4.87. The van der Waals surface area contributed by atoms with Gasteiger partial charge in [-0.1, -0.05) is 23.8 Å². The second kappa shape index (κ2) is 8.28. The van der Waals surface area contributed by atoms with E-state index < -0.39 is 0 Å². The van der Waals surface area contributed by atoms with Crippen molar-refractivity contribution in [3.63, 3.8) is 0 Å². The van der Waals surface area contributed by atoms with Crippen LogP contribution in [0.2, 0.25) is 0 Å². The number of nitrogens with zero attached hydrogens (tertiary/aromatic N) is 1. The monoisotopic (exact) mass is 345 g/mol. The maximum atomic E-state index is 12.7. The summed E-state index contributed by atoms with van der Waals surface area (Å²) >= 11 is 1.67. The number of hydrogen-bond donors (Lipinski definition) is 2. The zero-order valence-electron chi connectivity index (χ0n) is 13.8. The molecule has 24 heavy (non-hydrogen) atoms. The first-order valence-electron chi connectivity index (χ1n) is 8.18. The number of benzene rings is 1. The van der Waals surface area contributed by atoms with E-state index in [9.17, 15) is 4.79 Å². The Balaban J connectivity index is 1.64. The summed E-state index contributed by atoms with van der Waals surface area (Å²) in [5.74, 6) is 0.713. The summed E-state index contributed by atoms with van der Waals surface area (Å²) in [6.07, 6.45) is -0.00466. The lowest BCUT2D eigenvalue weighted by molar-refractivity contribution is -0.137. The number of rotatable bonds is 6. The average molecular weight is 345 g/mol. The van der Waals surface area contributed by atoms with Crippen LogP contribution in [0.15, 0.2) is 41.8 Å². The quantitative estimate of drug-likeness (QED) is 0.841. The van der Waals surface area contributed by atoms with Crippen LogP contribution in [-0.4, -0.2) is 43.2 Å². The zero-order valence-corrected chi connectivity index (χ0v) is 14.6. The highest BCUT2D eigenvalue weighted by Gasteiger charge is 2.25. The van der Waals surface area contributed by atoms with Gasteiger partial charge in [-0.05, 0) is 30.5 Å². The molecule has 1 saturated heterocycles. The molecule has 1 fully saturated rings. The fourth-order valence-electron chi connectivity index (χ4n) is 2.66. The third-order valence-electron chi connectivity index (χ3n) is 4.01. The van der Waals surface area contributed by atoms with Gasteiger partial charge in [-0.15, -0.1) is 11.3 Å². The van der Waals surface area contributed by atoms with Crippen molar-refractivity contribution in [3.8, 4) is 5.75 Å². The van der Waals surface area contributed by atoms with Gasteiger partial charge in [0, 0.05) is 24.5 Å². The highest BCUT2D eigenvalue weighted by Crippen LogP contribution is 2.15. The second-order valence-electron chi connectivity index (χ2n) is 5.88. The largest absolute Gasteiger partial charge is 0.484 e. The Morgan fingerprint density at radius 2 is 2.12 bits per heavy atom. The number of amides is 1. The third kappa shape index (κ3) is 4.56. The number of thiophene rings is 1. The van der Waals surface area contributed by atoms with E-state index in [0.717, 1.165) is 25.4 Å². The molecule has 1 atom stereocenters. The number of hydrogen-bond acceptors (Lipinski definition) is 5. The van der Waals surface area contributed by atoms with Crippen LogP contribution in [0.5, 0.6) is 5.75 Å². The van der Waals surface area contributed by atoms with Gasteiger partial charge in [-0.25, -0.2) is 0 Å². The predicted molar refractivity (Wildman–Crippen MR) is 96.2 cm³/mol. The molecule has 6 heteroatoms. The fraction of sp³-hybridized carbons (Fsp3) is 0.389. The standard InChI is InChI=1S/C18H23N3O2S/c1-14-4-6-15(7-5-14)23-13-18(22)21(12-16-3-2-10-24-16)17-11-19-8-9-20-17/h2-7,10,17,19-20H,8-9,11-13H2,1H3. The zero-order chi connectivity index (χ0) is 16.8. The number of ether oxygens (including phenoxy) is 1. The van der Waals surface area contributed by atoms with Crippen LogP contribution < -0.4 is 15.4 Å². The van der Waals surface area contributed by atoms with Crippen LogP contribution in [0.4, 0.5) is 0 Å². The molecule has 0 saturated carbocycles. The molecule has 3 rings (SSSR count). The van der Waals surface area contributed by atoms with E-state index in [1.54, 1.807) is 11.3 Å². The molecule has 2 aromatic rings. The number of carbonyl (C=O) groups excluding carboxylic acids is 1. The smallest absolute Gasteiger partial charge is 0.262 e. The van der Waals surface area contributed by atoms with E-state index in [0.29, 0.717) is 6.54 Å². The van der Waals surface area contributed by atoms with Crippen LogP contribution >= 0.6 is 11.3 Å². The number of piperazine rings is 1. The molecular formula is C18H23N3O2S. The van der Waals surface area contributed by atoms with Crippen molar-refractivity contribution in [1.82, 2.24) is 15.5 Å². The van der Waals surface area contributed by atoms with E-state index in [-0.39, 0.29) is 18.7 Å². The second-order valence-corrected chi connectivity index (χ2v) is 6.91. The molecule has 1 aliphatic heterocycles. The molecule has 1 aromatic carbocycles. The van der Waals surface area contributed by atoms with Crippen LogP contribution in [0.25, 0.3) is 0 Å². The lowest BCUT2D eigenvalue weighted by Gasteiger charge is -2.35. The lowest BCUT2D eigenvalue weighted by atomic mass is 10.2. The molecule has 1 aliphatic rings. The van der Waals surface area contributed by atoms with Gasteiger partial charge >= 0.3 is 0 Å². The molecule has 5 nitrogen and oxygen atoms in total. The molecule has 1 aromatic heterocycles. The molecule has 1 amide bonds. The fourth-order valence-corrected chi connectivity index (χ4v) is 3.37. The van der Waals surface area contributed by atoms with Crippen molar-refractivity contribution in [1.29, 1.82) is 0 Å². The first kappa shape index (κ1) is 17.0. The van der Waals surface area contributed by atoms with Gasteiger partial charge < -0.3 is 15.0 Å². The van der Waals surface area contributed by atoms with Crippen molar-refractivity contribution < 1.29 is 9.53 Å². The van der Waals surface area contributed by atoms with Gasteiger partial charge in [0.2, 0.25) is 0 Å². The summed E-state index contributed by atoms with van der Waals surface area (Å²) in [6, 6.07) is 11.8. The van der Waals surface area contributed by atoms with E-state index in [2.05, 4.69) is 16.7 Å². The molecule has 0 bridgehead atoms. The maximum absolute atomic E-state index is 12.7. The first-order chi connectivity index (χ1) is 11.7. The van der Waals surface area contributed by atoms with Crippen molar-refractivity contribution in [2.45, 2.75) is 19.6 Å². The average Bonchev–Trinajstić information content (AvgIpc) is 3.13. The Kier molecular flexibility index (Phi) is 5.85. The normalized spacial score (nSPS) is 17.5. The molecule has 2 heterocycles. The van der Waals surface area contributed by atoms with Crippen LogP contribution in [0, 0.1) is 6.92 Å². The Labute approximate surface area is 146 Å². The highest BCUT2D eigenvalue weighted by atomic mass is 32.1. The maximum Gasteiger partial charge on any atom is 0.262 e. The molecule has 0 aliphatic carbocycles. The molecule has 2 N–H and O–H groups in total. The Hall–Kier alpha value is -1.89. The SMILES string of the molecule is Cc1ccc(OCC(=O)N(Cc2cccs2)C2CNCCN2)cc1. The first-order valence-corrected chi connectivity index (χ1v) is 9.06. The summed E-state index contributed by atoms with van der Waals surface area (Å²) in [7, 11) is 0. The van der Waals surface area contributed by atoms with E-state index in [4.69, 9.17) is 4.74 Å². The van der Waals surface area contributed by atoms with Gasteiger partial charge in [0.1, 0.15) is 5.75 Å². The number of carbonyl (C=O) groups is 1. The van der Waals surface area contributed by atoms with Crippen molar-refractivity contribution in [3.05, 3.63) is 52.2 Å². The Morgan fingerprint density at radius 3 is 2.79 bits per heavy atom. The van der Waals surface area contributed by atoms with Gasteiger partial charge in [-0.2, -0.15) is 0 Å². The minimum absolute atomic E-state index is 0.00466. The summed E-state index contributed by atoms with van der Waals surface area (Å²) in [5, 5.41) is 8.78.